The van der Waals surface area contributed by atoms with E-state index in [2.05, 4.69) is 32.7 Å². The summed E-state index contributed by atoms with van der Waals surface area (Å²) in [6.07, 6.45) is 1.80. The Morgan fingerprint density at radius 2 is 1.72 bits per heavy atom. The average molecular weight is 450 g/mol. The third kappa shape index (κ3) is 4.88. The lowest BCUT2D eigenvalue weighted by Crippen LogP contribution is -2.36. The lowest BCUT2D eigenvalue weighted by Gasteiger charge is -2.13. The first-order chi connectivity index (χ1) is 11.8. The van der Waals surface area contributed by atoms with Crippen LogP contribution in [0.4, 0.5) is 4.39 Å². The SMILES string of the molecule is CN=C(NCc1ccccc1F)NCc1nccc2ccccc12.I. The van der Waals surface area contributed by atoms with Crippen molar-refractivity contribution in [1.82, 2.24) is 15.6 Å². The number of halogens is 2. The number of aromatic nitrogens is 1. The molecule has 2 aromatic carbocycles. The molecule has 0 bridgehead atoms. The molecule has 0 spiro atoms. The lowest BCUT2D eigenvalue weighted by atomic mass is 10.1. The Hall–Kier alpha value is -2.22. The molecule has 0 saturated carbocycles. The van der Waals surface area contributed by atoms with Gasteiger partial charge in [0, 0.05) is 30.7 Å². The van der Waals surface area contributed by atoms with Gasteiger partial charge in [-0.2, -0.15) is 0 Å². The molecular weight excluding hydrogens is 430 g/mol. The van der Waals surface area contributed by atoms with Crippen LogP contribution in [0, 0.1) is 5.82 Å². The first-order valence-electron chi connectivity index (χ1n) is 7.78. The van der Waals surface area contributed by atoms with Crippen molar-refractivity contribution in [2.75, 3.05) is 7.05 Å². The Labute approximate surface area is 163 Å². The van der Waals surface area contributed by atoms with E-state index in [1.807, 2.05) is 24.3 Å². The van der Waals surface area contributed by atoms with Gasteiger partial charge in [0.2, 0.25) is 0 Å². The molecule has 0 unspecified atom stereocenters. The second-order valence-corrected chi connectivity index (χ2v) is 5.35. The molecule has 2 N–H and O–H groups in total. The number of nitrogens with one attached hydrogen (secondary N) is 2. The molecular formula is C19H20FIN4. The first kappa shape index (κ1) is 19.1. The standard InChI is InChI=1S/C19H19FN4.HI/c1-21-19(23-12-15-7-3-5-9-17(15)20)24-13-18-16-8-4-2-6-14(16)10-11-22-18;/h2-11H,12-13H2,1H3,(H2,21,23,24);1H. The van der Waals surface area contributed by atoms with Crippen molar-refractivity contribution in [2.24, 2.45) is 4.99 Å². The highest BCUT2D eigenvalue weighted by Gasteiger charge is 2.05. The van der Waals surface area contributed by atoms with Crippen molar-refractivity contribution in [1.29, 1.82) is 0 Å². The molecule has 1 aromatic heterocycles. The zero-order valence-electron chi connectivity index (χ0n) is 13.9. The van der Waals surface area contributed by atoms with Crippen molar-refractivity contribution in [3.8, 4) is 0 Å². The van der Waals surface area contributed by atoms with Crippen LogP contribution >= 0.6 is 24.0 Å². The number of rotatable bonds is 4. The number of fused-ring (bicyclic) bond motifs is 1. The van der Waals surface area contributed by atoms with Gasteiger partial charge in [0.15, 0.2) is 5.96 Å². The Bertz CT molecular complexity index is 861. The van der Waals surface area contributed by atoms with Gasteiger partial charge in [-0.15, -0.1) is 24.0 Å². The minimum atomic E-state index is -0.226. The molecule has 1 heterocycles. The number of aliphatic imine (C=N–C) groups is 1. The highest BCUT2D eigenvalue weighted by atomic mass is 127. The Kier molecular flexibility index (Phi) is 7.12. The van der Waals surface area contributed by atoms with Gasteiger partial charge >= 0.3 is 0 Å². The van der Waals surface area contributed by atoms with E-state index in [9.17, 15) is 4.39 Å². The lowest BCUT2D eigenvalue weighted by molar-refractivity contribution is 0.604. The molecule has 0 saturated heterocycles. The summed E-state index contributed by atoms with van der Waals surface area (Å²) >= 11 is 0. The van der Waals surface area contributed by atoms with E-state index in [4.69, 9.17) is 0 Å². The zero-order chi connectivity index (χ0) is 16.8. The van der Waals surface area contributed by atoms with Gasteiger partial charge in [0.25, 0.3) is 0 Å². The van der Waals surface area contributed by atoms with Gasteiger partial charge in [-0.1, -0.05) is 42.5 Å². The maximum Gasteiger partial charge on any atom is 0.191 e. The van der Waals surface area contributed by atoms with Gasteiger partial charge in [-0.25, -0.2) is 4.39 Å². The highest BCUT2D eigenvalue weighted by molar-refractivity contribution is 14.0. The van der Waals surface area contributed by atoms with Crippen LogP contribution in [0.5, 0.6) is 0 Å². The average Bonchev–Trinajstić information content (AvgIpc) is 2.63. The minimum Gasteiger partial charge on any atom is -0.352 e. The number of benzene rings is 2. The predicted octanol–water partition coefficient (Wildman–Crippen LogP) is 3.86. The molecule has 4 nitrogen and oxygen atoms in total. The van der Waals surface area contributed by atoms with Gasteiger partial charge < -0.3 is 10.6 Å². The summed E-state index contributed by atoms with van der Waals surface area (Å²) in [7, 11) is 1.69. The summed E-state index contributed by atoms with van der Waals surface area (Å²) in [4.78, 5) is 8.61. The van der Waals surface area contributed by atoms with Crippen LogP contribution in [0.25, 0.3) is 10.8 Å². The van der Waals surface area contributed by atoms with E-state index in [-0.39, 0.29) is 29.8 Å². The molecule has 0 aliphatic carbocycles. The zero-order valence-corrected chi connectivity index (χ0v) is 16.2. The fourth-order valence-corrected chi connectivity index (χ4v) is 2.53. The molecule has 0 aliphatic heterocycles. The van der Waals surface area contributed by atoms with E-state index in [1.165, 1.54) is 6.07 Å². The summed E-state index contributed by atoms with van der Waals surface area (Å²) in [6, 6.07) is 16.8. The van der Waals surface area contributed by atoms with Crippen molar-refractivity contribution in [3.05, 3.63) is 77.9 Å². The Balaban J connectivity index is 0.00000225. The van der Waals surface area contributed by atoms with Crippen molar-refractivity contribution < 1.29 is 4.39 Å². The number of hydrogen-bond donors (Lipinski definition) is 2. The first-order valence-corrected chi connectivity index (χ1v) is 7.78. The molecule has 0 radical (unpaired) electrons. The highest BCUT2D eigenvalue weighted by Crippen LogP contribution is 2.15. The van der Waals surface area contributed by atoms with E-state index in [0.717, 1.165) is 16.5 Å². The third-order valence-corrected chi connectivity index (χ3v) is 3.81. The Morgan fingerprint density at radius 1 is 1.00 bits per heavy atom. The second kappa shape index (κ2) is 9.31. The van der Waals surface area contributed by atoms with Crippen LogP contribution in [0.15, 0.2) is 65.8 Å². The normalized spacial score (nSPS) is 11.0. The largest absolute Gasteiger partial charge is 0.352 e. The van der Waals surface area contributed by atoms with Crippen LogP contribution in [0.2, 0.25) is 0 Å². The minimum absolute atomic E-state index is 0. The second-order valence-electron chi connectivity index (χ2n) is 5.35. The third-order valence-electron chi connectivity index (χ3n) is 3.81. The van der Waals surface area contributed by atoms with E-state index in [0.29, 0.717) is 24.6 Å². The van der Waals surface area contributed by atoms with Crippen molar-refractivity contribution in [2.45, 2.75) is 13.1 Å². The topological polar surface area (TPSA) is 49.3 Å². The Morgan fingerprint density at radius 3 is 2.52 bits per heavy atom. The molecule has 130 valence electrons. The molecule has 3 rings (SSSR count). The van der Waals surface area contributed by atoms with Gasteiger partial charge in [0.05, 0.1) is 12.2 Å². The van der Waals surface area contributed by atoms with E-state index < -0.39 is 0 Å². The van der Waals surface area contributed by atoms with Crippen LogP contribution in [0.1, 0.15) is 11.3 Å². The fourth-order valence-electron chi connectivity index (χ4n) is 2.53. The smallest absolute Gasteiger partial charge is 0.191 e. The number of nitrogens with zero attached hydrogens (tertiary/aromatic N) is 2. The number of guanidine groups is 1. The van der Waals surface area contributed by atoms with Gasteiger partial charge in [0.1, 0.15) is 5.82 Å². The van der Waals surface area contributed by atoms with Gasteiger partial charge in [-0.3, -0.25) is 9.98 Å². The fraction of sp³-hybridized carbons (Fsp3) is 0.158. The predicted molar refractivity (Wildman–Crippen MR) is 111 cm³/mol. The maximum atomic E-state index is 13.7. The monoisotopic (exact) mass is 450 g/mol. The molecule has 0 atom stereocenters. The maximum absolute atomic E-state index is 13.7. The molecule has 0 aliphatic rings. The quantitative estimate of drug-likeness (QED) is 0.361. The summed E-state index contributed by atoms with van der Waals surface area (Å²) in [6.45, 7) is 0.910. The van der Waals surface area contributed by atoms with Crippen molar-refractivity contribution >= 4 is 40.7 Å². The number of pyridine rings is 1. The molecule has 25 heavy (non-hydrogen) atoms. The molecule has 3 aromatic rings. The van der Waals surface area contributed by atoms with Crippen LogP contribution in [-0.4, -0.2) is 18.0 Å². The summed E-state index contributed by atoms with van der Waals surface area (Å²) < 4.78 is 13.7. The van der Waals surface area contributed by atoms with Crippen LogP contribution in [0.3, 0.4) is 0 Å². The molecule has 0 fully saturated rings. The summed E-state index contributed by atoms with van der Waals surface area (Å²) in [5.74, 6) is 0.379. The summed E-state index contributed by atoms with van der Waals surface area (Å²) in [5.41, 5.74) is 1.55. The van der Waals surface area contributed by atoms with E-state index in [1.54, 1.807) is 25.4 Å². The van der Waals surface area contributed by atoms with Crippen molar-refractivity contribution in [3.63, 3.8) is 0 Å². The van der Waals surface area contributed by atoms with E-state index >= 15 is 0 Å². The summed E-state index contributed by atoms with van der Waals surface area (Å²) in [5, 5.41) is 8.60. The van der Waals surface area contributed by atoms with Crippen LogP contribution < -0.4 is 10.6 Å². The van der Waals surface area contributed by atoms with Gasteiger partial charge in [-0.05, 0) is 17.5 Å². The number of hydrogen-bond acceptors (Lipinski definition) is 2. The van der Waals surface area contributed by atoms with Crippen LogP contribution in [-0.2, 0) is 13.1 Å². The molecule has 0 amide bonds. The molecule has 6 heteroatoms.